The van der Waals surface area contributed by atoms with Crippen molar-refractivity contribution in [2.45, 2.75) is 43.4 Å². The molecule has 26 heavy (non-hydrogen) atoms. The van der Waals surface area contributed by atoms with Gasteiger partial charge in [-0.05, 0) is 25.0 Å². The van der Waals surface area contributed by atoms with E-state index in [4.69, 9.17) is 32.4 Å². The van der Waals surface area contributed by atoms with Crippen molar-refractivity contribution in [3.05, 3.63) is 41.7 Å². The summed E-state index contributed by atoms with van der Waals surface area (Å²) in [4.78, 5) is 0. The molecule has 0 aliphatic rings. The van der Waals surface area contributed by atoms with Crippen molar-refractivity contribution in [2.75, 3.05) is 7.11 Å². The number of rotatable bonds is 8. The molecule has 0 saturated heterocycles. The number of hydrogen-bond donors (Lipinski definition) is 0. The highest BCUT2D eigenvalue weighted by molar-refractivity contribution is 6.21. The van der Waals surface area contributed by atoms with Gasteiger partial charge >= 0.3 is 0 Å². The van der Waals surface area contributed by atoms with E-state index >= 15 is 0 Å². The van der Waals surface area contributed by atoms with Gasteiger partial charge in [-0.15, -0.1) is 33.4 Å². The minimum Gasteiger partial charge on any atom is -0.495 e. The highest BCUT2D eigenvalue weighted by atomic mass is 35.5. The first-order valence-corrected chi connectivity index (χ1v) is 9.70. The monoisotopic (exact) mass is 395 g/mol. The van der Waals surface area contributed by atoms with Crippen molar-refractivity contribution in [1.82, 2.24) is 14.8 Å². The Morgan fingerprint density at radius 1 is 1.31 bits per heavy atom. The lowest BCUT2D eigenvalue weighted by molar-refractivity contribution is 0.393. The van der Waals surface area contributed by atoms with E-state index in [1.54, 1.807) is 7.11 Å². The number of nitrogens with zero attached hydrogens (tertiary/aromatic N) is 3. The molecule has 0 saturated carbocycles. The summed E-state index contributed by atoms with van der Waals surface area (Å²) in [6.45, 7) is 2.14. The second-order valence-electron chi connectivity index (χ2n) is 6.38. The molecule has 2 atom stereocenters. The van der Waals surface area contributed by atoms with Crippen LogP contribution in [0.1, 0.15) is 55.0 Å². The Kier molecular flexibility index (Phi) is 6.09. The average Bonchev–Trinajstić information content (AvgIpc) is 3.26. The Labute approximate surface area is 163 Å². The first kappa shape index (κ1) is 19.1. The Hall–Kier alpha value is -1.72. The first-order valence-electron chi connectivity index (χ1n) is 8.73. The number of methoxy groups -OCH3 is 1. The highest BCUT2D eigenvalue weighted by Gasteiger charge is 2.25. The van der Waals surface area contributed by atoms with Crippen molar-refractivity contribution >= 4 is 34.1 Å². The molecule has 2 aromatic heterocycles. The Morgan fingerprint density at radius 3 is 2.77 bits per heavy atom. The number of alkyl halides is 2. The van der Waals surface area contributed by atoms with Crippen LogP contribution in [0.15, 0.2) is 28.7 Å². The van der Waals surface area contributed by atoms with Crippen molar-refractivity contribution in [1.29, 1.82) is 0 Å². The molecule has 7 heteroatoms. The molecule has 0 N–H and O–H groups in total. The lowest BCUT2D eigenvalue weighted by Crippen LogP contribution is -2.07. The molecule has 3 rings (SSSR count). The topological polar surface area (TPSA) is 53.1 Å². The summed E-state index contributed by atoms with van der Waals surface area (Å²) in [5, 5.41) is 9.07. The van der Waals surface area contributed by atoms with Gasteiger partial charge in [-0.25, -0.2) is 0 Å². The summed E-state index contributed by atoms with van der Waals surface area (Å²) in [5.41, 5.74) is 2.09. The Morgan fingerprint density at radius 2 is 2.12 bits per heavy atom. The van der Waals surface area contributed by atoms with E-state index in [0.717, 1.165) is 35.2 Å². The van der Waals surface area contributed by atoms with Crippen molar-refractivity contribution in [3.63, 3.8) is 0 Å². The SMILES string of the molecule is CCCC(CC(Cl)c1cc2cccc(OC)c2n1C)c1nnc(CCl)o1. The van der Waals surface area contributed by atoms with Crippen LogP contribution in [0.5, 0.6) is 5.75 Å². The molecule has 0 radical (unpaired) electrons. The fourth-order valence-corrected chi connectivity index (χ4v) is 3.94. The molecule has 1 aromatic carbocycles. The van der Waals surface area contributed by atoms with Gasteiger partial charge in [-0.1, -0.05) is 25.5 Å². The third kappa shape index (κ3) is 3.69. The summed E-state index contributed by atoms with van der Waals surface area (Å²) in [5.74, 6) is 2.23. The number of benzene rings is 1. The van der Waals surface area contributed by atoms with Crippen LogP contribution < -0.4 is 4.74 Å². The maximum atomic E-state index is 6.82. The van der Waals surface area contributed by atoms with Crippen LogP contribution in [0.2, 0.25) is 0 Å². The van der Waals surface area contributed by atoms with Crippen molar-refractivity contribution in [2.24, 2.45) is 7.05 Å². The number of halogens is 2. The third-order valence-corrected chi connectivity index (χ3v) is 5.30. The molecule has 0 amide bonds. The minimum atomic E-state index is -0.181. The summed E-state index contributed by atoms with van der Waals surface area (Å²) < 4.78 is 13.3. The van der Waals surface area contributed by atoms with E-state index in [0.29, 0.717) is 18.2 Å². The molecular formula is C19H23Cl2N3O2. The standard InChI is InChI=1S/C19H23Cl2N3O2/c1-4-6-13(19-23-22-17(11-20)26-19)9-14(21)15-10-12-7-5-8-16(25-3)18(12)24(15)2/h5,7-8,10,13-14H,4,6,9,11H2,1-3H3. The predicted molar refractivity (Wildman–Crippen MR) is 104 cm³/mol. The summed E-state index contributed by atoms with van der Waals surface area (Å²) >= 11 is 12.6. The maximum absolute atomic E-state index is 6.82. The Balaban J connectivity index is 1.89. The van der Waals surface area contributed by atoms with E-state index in [2.05, 4.69) is 33.8 Å². The molecule has 0 spiro atoms. The third-order valence-electron chi connectivity index (χ3n) is 4.67. The molecule has 140 valence electrons. The van der Waals surface area contributed by atoms with Gasteiger partial charge in [0.25, 0.3) is 0 Å². The number of ether oxygens (including phenoxy) is 1. The first-order chi connectivity index (χ1) is 12.6. The largest absolute Gasteiger partial charge is 0.495 e. The second-order valence-corrected chi connectivity index (χ2v) is 7.18. The van der Waals surface area contributed by atoms with Gasteiger partial charge in [-0.2, -0.15) is 0 Å². The molecule has 0 aliphatic heterocycles. The van der Waals surface area contributed by atoms with Crippen LogP contribution in [0.3, 0.4) is 0 Å². The zero-order valence-electron chi connectivity index (χ0n) is 15.2. The van der Waals surface area contributed by atoms with Gasteiger partial charge in [0.15, 0.2) is 0 Å². The number of aromatic nitrogens is 3. The molecule has 5 nitrogen and oxygen atoms in total. The lowest BCUT2D eigenvalue weighted by atomic mass is 9.96. The van der Waals surface area contributed by atoms with E-state index in [-0.39, 0.29) is 17.2 Å². The zero-order chi connectivity index (χ0) is 18.7. The quantitative estimate of drug-likeness (QED) is 0.468. The summed E-state index contributed by atoms with van der Waals surface area (Å²) in [6, 6.07) is 8.14. The van der Waals surface area contributed by atoms with E-state index in [1.165, 1.54) is 0 Å². The maximum Gasteiger partial charge on any atom is 0.231 e. The molecule has 0 aliphatic carbocycles. The summed E-state index contributed by atoms with van der Waals surface area (Å²) in [6.07, 6.45) is 2.65. The van der Waals surface area contributed by atoms with Crippen molar-refractivity contribution < 1.29 is 9.15 Å². The lowest BCUT2D eigenvalue weighted by Gasteiger charge is -2.17. The molecule has 3 aromatic rings. The smallest absolute Gasteiger partial charge is 0.231 e. The molecule has 2 unspecified atom stereocenters. The van der Waals surface area contributed by atoms with Gasteiger partial charge in [0.2, 0.25) is 11.8 Å². The van der Waals surface area contributed by atoms with Crippen LogP contribution in [0.25, 0.3) is 10.9 Å². The van der Waals surface area contributed by atoms with Crippen molar-refractivity contribution in [3.8, 4) is 5.75 Å². The van der Waals surface area contributed by atoms with Gasteiger partial charge in [0.05, 0.1) is 18.0 Å². The molecule has 0 fully saturated rings. The highest BCUT2D eigenvalue weighted by Crippen LogP contribution is 2.38. The minimum absolute atomic E-state index is 0.104. The fraction of sp³-hybridized carbons (Fsp3) is 0.474. The fourth-order valence-electron chi connectivity index (χ4n) is 3.41. The second kappa shape index (κ2) is 8.31. The van der Waals surface area contributed by atoms with Crippen LogP contribution in [-0.4, -0.2) is 21.9 Å². The number of para-hydroxylation sites is 1. The van der Waals surface area contributed by atoms with Crippen LogP contribution >= 0.6 is 23.2 Å². The van der Waals surface area contributed by atoms with Gasteiger partial charge in [0.1, 0.15) is 11.6 Å². The predicted octanol–water partition coefficient (Wildman–Crippen LogP) is 5.56. The van der Waals surface area contributed by atoms with Crippen LogP contribution in [-0.2, 0) is 12.9 Å². The van der Waals surface area contributed by atoms with Gasteiger partial charge < -0.3 is 13.7 Å². The van der Waals surface area contributed by atoms with Gasteiger partial charge in [0, 0.05) is 24.0 Å². The molecule has 0 bridgehead atoms. The normalized spacial score (nSPS) is 13.9. The number of hydrogen-bond acceptors (Lipinski definition) is 4. The van der Waals surface area contributed by atoms with E-state index < -0.39 is 0 Å². The van der Waals surface area contributed by atoms with E-state index in [9.17, 15) is 0 Å². The van der Waals surface area contributed by atoms with Crippen LogP contribution in [0, 0.1) is 0 Å². The number of fused-ring (bicyclic) bond motifs is 1. The Bertz CT molecular complexity index is 875. The average molecular weight is 396 g/mol. The molecule has 2 heterocycles. The zero-order valence-corrected chi connectivity index (χ0v) is 16.7. The summed E-state index contributed by atoms with van der Waals surface area (Å²) in [7, 11) is 3.70. The van der Waals surface area contributed by atoms with Crippen LogP contribution in [0.4, 0.5) is 0 Å². The molecular weight excluding hydrogens is 373 g/mol. The number of aryl methyl sites for hydroxylation is 1. The van der Waals surface area contributed by atoms with E-state index in [1.807, 2.05) is 19.2 Å². The van der Waals surface area contributed by atoms with Gasteiger partial charge in [-0.3, -0.25) is 0 Å².